The van der Waals surface area contributed by atoms with E-state index in [0.717, 1.165) is 0 Å². The van der Waals surface area contributed by atoms with Crippen molar-refractivity contribution in [1.29, 1.82) is 0 Å². The van der Waals surface area contributed by atoms with E-state index in [4.69, 9.17) is 21.3 Å². The average Bonchev–Trinajstić information content (AvgIpc) is 2.73. The number of nitrogens with zero attached hydrogens (tertiary/aromatic N) is 4. The summed E-state index contributed by atoms with van der Waals surface area (Å²) in [5.41, 5.74) is 12.0. The molecule has 2 rings (SSSR count). The molecule has 0 fully saturated rings. The molecule has 2 atom stereocenters. The van der Waals surface area contributed by atoms with Gasteiger partial charge in [-0.1, -0.05) is 0 Å². The molecule has 0 aromatic carbocycles. The van der Waals surface area contributed by atoms with Crippen molar-refractivity contribution in [3.63, 3.8) is 0 Å². The third kappa shape index (κ3) is 3.02. The van der Waals surface area contributed by atoms with Gasteiger partial charge in [0.2, 0.25) is 5.95 Å². The molecule has 0 radical (unpaired) electrons. The molecule has 2 aromatic rings. The monoisotopic (exact) mass is 380 g/mol. The van der Waals surface area contributed by atoms with Crippen LogP contribution < -0.4 is 11.5 Å². The van der Waals surface area contributed by atoms with Crippen molar-refractivity contribution in [3.8, 4) is 0 Å². The lowest BCUT2D eigenvalue weighted by Crippen LogP contribution is -2.28. The number of anilines is 2. The van der Waals surface area contributed by atoms with E-state index in [1.165, 1.54) is 6.33 Å². The maximum absolute atomic E-state index is 9.35. The van der Waals surface area contributed by atoms with E-state index in [1.54, 1.807) is 27.2 Å². The second-order valence-electron chi connectivity index (χ2n) is 3.74. The minimum atomic E-state index is -0.817. The third-order valence-corrected chi connectivity index (χ3v) is 3.22. The number of nitrogens with two attached hydrogens (primary N) is 2. The number of nitrogen functional groups attached to an aromatic ring is 2. The van der Waals surface area contributed by atoms with Crippen LogP contribution in [-0.2, 0) is 11.5 Å². The first-order valence-corrected chi connectivity index (χ1v) is 6.56. The quantitative estimate of drug-likeness (QED) is 0.385. The van der Waals surface area contributed by atoms with Crippen LogP contribution in [0.4, 0.5) is 11.8 Å². The first kappa shape index (κ1) is 14.2. The highest BCUT2D eigenvalue weighted by Crippen LogP contribution is 2.17. The number of fused-ring (bicyclic) bond motifs is 1. The van der Waals surface area contributed by atoms with Crippen LogP contribution in [0.25, 0.3) is 11.2 Å². The lowest BCUT2D eigenvalue weighted by atomic mass is 10.4. The molecule has 0 aliphatic heterocycles. The fourth-order valence-corrected chi connectivity index (χ4v) is 1.91. The van der Waals surface area contributed by atoms with Gasteiger partial charge in [0, 0.05) is 0 Å². The van der Waals surface area contributed by atoms with E-state index < -0.39 is 10.2 Å². The summed E-state index contributed by atoms with van der Waals surface area (Å²) in [4.78, 5) is 11.9. The maximum Gasteiger partial charge on any atom is 0.224 e. The minimum absolute atomic E-state index is 0.0411. The van der Waals surface area contributed by atoms with E-state index >= 15 is 0 Å². The topological polar surface area (TPSA) is 145 Å². The van der Waals surface area contributed by atoms with Gasteiger partial charge in [-0.2, -0.15) is 9.97 Å². The minimum Gasteiger partial charge on any atom is -0.394 e. The Morgan fingerprint density at radius 1 is 1.42 bits per heavy atom. The number of ether oxygens (including phenoxy) is 1. The third-order valence-electron chi connectivity index (χ3n) is 2.42. The number of aromatic nitrogens is 4. The maximum atomic E-state index is 9.35. The second-order valence-corrected chi connectivity index (χ2v) is 5.02. The predicted octanol–water partition coefficient (Wildman–Crippen LogP) is -0.921. The summed E-state index contributed by atoms with van der Waals surface area (Å²) in [5, 5.41) is 18.4. The van der Waals surface area contributed by atoms with Crippen LogP contribution in [0, 0.1) is 0 Å². The standard InChI is InChI=1S/C9H13IN6O3/c10-6(18)4(1-17)19-3-16-2-13-5-7(11)14-9(12)15-8(5)16/h2,4,6,17-18H,1,3H2,(H4,11,12,14,15). The van der Waals surface area contributed by atoms with Crippen LogP contribution in [0.1, 0.15) is 0 Å². The highest BCUT2D eigenvalue weighted by molar-refractivity contribution is 14.1. The molecule has 6 N–H and O–H groups in total. The van der Waals surface area contributed by atoms with Gasteiger partial charge in [-0.15, -0.1) is 0 Å². The summed E-state index contributed by atoms with van der Waals surface area (Å²) < 4.78 is 6.10. The number of aliphatic hydroxyl groups excluding tert-OH is 2. The summed E-state index contributed by atoms with van der Waals surface area (Å²) in [5.74, 6) is 0.230. The van der Waals surface area contributed by atoms with Gasteiger partial charge in [0.1, 0.15) is 22.5 Å². The van der Waals surface area contributed by atoms with Crippen molar-refractivity contribution in [2.45, 2.75) is 16.9 Å². The highest BCUT2D eigenvalue weighted by atomic mass is 127. The Morgan fingerprint density at radius 2 is 2.16 bits per heavy atom. The Balaban J connectivity index is 2.22. The molecule has 0 amide bonds. The number of alkyl halides is 1. The van der Waals surface area contributed by atoms with E-state index in [2.05, 4.69) is 15.0 Å². The normalized spacial score (nSPS) is 14.7. The molecule has 104 valence electrons. The Kier molecular flexibility index (Phi) is 4.34. The van der Waals surface area contributed by atoms with Gasteiger partial charge in [-0.3, -0.25) is 4.57 Å². The Bertz CT molecular complexity index is 574. The fourth-order valence-electron chi connectivity index (χ4n) is 1.47. The number of hydrogen-bond donors (Lipinski definition) is 4. The van der Waals surface area contributed by atoms with Crippen molar-refractivity contribution < 1.29 is 14.9 Å². The smallest absolute Gasteiger partial charge is 0.224 e. The Hall–Kier alpha value is -1.24. The molecule has 2 unspecified atom stereocenters. The Morgan fingerprint density at radius 3 is 2.79 bits per heavy atom. The van der Waals surface area contributed by atoms with E-state index in [1.807, 2.05) is 0 Å². The number of imidazole rings is 1. The zero-order chi connectivity index (χ0) is 14.0. The average molecular weight is 380 g/mol. The van der Waals surface area contributed by atoms with Crippen LogP contribution in [0.5, 0.6) is 0 Å². The molecule has 0 aliphatic rings. The van der Waals surface area contributed by atoms with Crippen molar-refractivity contribution in [2.24, 2.45) is 0 Å². The summed E-state index contributed by atoms with van der Waals surface area (Å²) in [6, 6.07) is 0. The van der Waals surface area contributed by atoms with E-state index in [9.17, 15) is 5.11 Å². The van der Waals surface area contributed by atoms with Gasteiger partial charge in [-0.05, 0) is 22.6 Å². The highest BCUT2D eigenvalue weighted by Gasteiger charge is 2.17. The number of rotatable bonds is 5. The molecule has 0 saturated heterocycles. The van der Waals surface area contributed by atoms with Gasteiger partial charge in [0.05, 0.1) is 12.9 Å². The number of hydrogen-bond acceptors (Lipinski definition) is 8. The van der Waals surface area contributed by atoms with Crippen LogP contribution >= 0.6 is 22.6 Å². The molecule has 0 bridgehead atoms. The number of aliphatic hydroxyl groups is 2. The molecule has 19 heavy (non-hydrogen) atoms. The molecular weight excluding hydrogens is 367 g/mol. The summed E-state index contributed by atoms with van der Waals surface area (Å²) >= 11 is 1.75. The zero-order valence-electron chi connectivity index (χ0n) is 9.77. The summed E-state index contributed by atoms with van der Waals surface area (Å²) in [6.45, 7) is -0.242. The molecule has 0 saturated carbocycles. The van der Waals surface area contributed by atoms with Crippen LogP contribution in [-0.4, -0.2) is 46.6 Å². The van der Waals surface area contributed by atoms with Gasteiger partial charge in [-0.25, -0.2) is 4.98 Å². The Labute approximate surface area is 121 Å². The molecule has 2 heterocycles. The van der Waals surface area contributed by atoms with Crippen molar-refractivity contribution in [3.05, 3.63) is 6.33 Å². The SMILES string of the molecule is Nc1nc(N)c2ncn(COC(CO)C(O)I)c2n1. The first-order valence-electron chi connectivity index (χ1n) is 5.31. The van der Waals surface area contributed by atoms with Crippen LogP contribution in [0.2, 0.25) is 0 Å². The van der Waals surface area contributed by atoms with Crippen molar-refractivity contribution >= 4 is 45.5 Å². The van der Waals surface area contributed by atoms with Gasteiger partial charge in [0.25, 0.3) is 0 Å². The van der Waals surface area contributed by atoms with Gasteiger partial charge in [0.15, 0.2) is 11.5 Å². The zero-order valence-corrected chi connectivity index (χ0v) is 11.9. The number of halogens is 1. The predicted molar refractivity (Wildman–Crippen MR) is 76.1 cm³/mol. The largest absolute Gasteiger partial charge is 0.394 e. The molecule has 10 heteroatoms. The van der Waals surface area contributed by atoms with Crippen LogP contribution in [0.3, 0.4) is 0 Å². The van der Waals surface area contributed by atoms with Gasteiger partial charge >= 0.3 is 0 Å². The molecular formula is C9H13IN6O3. The summed E-state index contributed by atoms with van der Waals surface area (Å²) in [7, 11) is 0. The molecule has 0 aliphatic carbocycles. The second kappa shape index (κ2) is 5.81. The van der Waals surface area contributed by atoms with Gasteiger partial charge < -0.3 is 26.4 Å². The molecule has 2 aromatic heterocycles. The lowest BCUT2D eigenvalue weighted by molar-refractivity contribution is -0.0548. The molecule has 9 nitrogen and oxygen atoms in total. The first-order chi connectivity index (χ1) is 9.02. The van der Waals surface area contributed by atoms with E-state index in [-0.39, 0.29) is 25.1 Å². The summed E-state index contributed by atoms with van der Waals surface area (Å²) in [6.07, 6.45) is 0.776. The van der Waals surface area contributed by atoms with Crippen LogP contribution in [0.15, 0.2) is 6.33 Å². The van der Waals surface area contributed by atoms with E-state index in [0.29, 0.717) is 11.2 Å². The van der Waals surface area contributed by atoms with Crippen molar-refractivity contribution in [2.75, 3.05) is 18.1 Å². The van der Waals surface area contributed by atoms with Crippen molar-refractivity contribution in [1.82, 2.24) is 19.5 Å². The molecule has 0 spiro atoms. The lowest BCUT2D eigenvalue weighted by Gasteiger charge is -2.17. The fraction of sp³-hybridized carbons (Fsp3) is 0.444.